The van der Waals surface area contributed by atoms with Crippen LogP contribution in [0, 0.1) is 5.92 Å². The predicted octanol–water partition coefficient (Wildman–Crippen LogP) is 1.19. The van der Waals surface area contributed by atoms with Crippen molar-refractivity contribution >= 4 is 65.8 Å². The van der Waals surface area contributed by atoms with Crippen LogP contribution in [0.3, 0.4) is 0 Å². The molecule has 0 aliphatic carbocycles. The van der Waals surface area contributed by atoms with E-state index in [1.54, 1.807) is 44.2 Å². The number of aliphatic imine (C=N–C) groups is 2. The largest absolute Gasteiger partial charge is 0.394 e. The highest BCUT2D eigenvalue weighted by atomic mass is 32.5. The normalized spacial score (nSPS) is 26.4. The summed E-state index contributed by atoms with van der Waals surface area (Å²) in [4.78, 5) is 71.7. The van der Waals surface area contributed by atoms with Crippen molar-refractivity contribution in [2.75, 3.05) is 25.6 Å². The van der Waals surface area contributed by atoms with Crippen molar-refractivity contribution in [3.63, 3.8) is 0 Å². The number of nitrogens with zero attached hydrogens (tertiary/aromatic N) is 7. The Morgan fingerprint density at radius 2 is 1.82 bits per heavy atom. The molecule has 6 N–H and O–H groups in total. The quantitative estimate of drug-likeness (QED) is 0.0629. The van der Waals surface area contributed by atoms with Gasteiger partial charge in [-0.15, -0.1) is 0 Å². The van der Waals surface area contributed by atoms with Crippen molar-refractivity contribution in [2.45, 2.75) is 63.1 Å². The molecule has 9 atom stereocenters. The van der Waals surface area contributed by atoms with Gasteiger partial charge in [0.05, 0.1) is 25.9 Å². The van der Waals surface area contributed by atoms with Gasteiger partial charge in [-0.3, -0.25) is 43.3 Å². The third-order valence-corrected chi connectivity index (χ3v) is 10.3. The van der Waals surface area contributed by atoms with E-state index in [1.807, 2.05) is 0 Å². The number of carbonyl (C=O) groups is 2. The molecule has 20 nitrogen and oxygen atoms in total. The molecular weight excluding hydrogens is 785 g/mol. The number of aliphatic hydroxyl groups is 2. The van der Waals surface area contributed by atoms with Gasteiger partial charge in [0.1, 0.15) is 30.1 Å². The van der Waals surface area contributed by atoms with E-state index in [2.05, 4.69) is 47.3 Å². The van der Waals surface area contributed by atoms with Gasteiger partial charge in [-0.1, -0.05) is 32.0 Å². The lowest BCUT2D eigenvalue weighted by Gasteiger charge is -2.26. The second kappa shape index (κ2) is 16.8. The van der Waals surface area contributed by atoms with Gasteiger partial charge >= 0.3 is 6.72 Å². The van der Waals surface area contributed by atoms with Gasteiger partial charge in [-0.2, -0.15) is 4.98 Å². The number of aromatic nitrogens is 6. The number of nitrogens with one attached hydrogen (secondary N) is 3. The standard InChI is InChI=1S/C32H37F2N10O10PS/c1-14(2)27(47)41-32-40-26-21(29(49)42-32)38-13-44(26)31-23(18(33)16(10-45)52-31)54-55(50,56)51-11-17-22(46)19(34)30(53-17)43-12-37-20(25(43)36-4)24(35-3)39-28(48)15-8-6-5-7-9-15/h5-9,12-14,16-19,22-23,30-31,45-46H,4,10-11H2,1-3H3,(H,50,56)(H,35,39,48)(H2,40,41,42,47,49)/t16-,17-,18-,19-,22-,23-,30-,31-,55?/m1/s1. The lowest BCUT2D eigenvalue weighted by Crippen LogP contribution is -2.33. The van der Waals surface area contributed by atoms with Gasteiger partial charge in [-0.25, -0.2) is 23.7 Å². The van der Waals surface area contributed by atoms with E-state index >= 15 is 8.78 Å². The van der Waals surface area contributed by atoms with Gasteiger partial charge in [0.2, 0.25) is 11.9 Å². The van der Waals surface area contributed by atoms with Crippen LogP contribution in [0.15, 0.2) is 57.8 Å². The number of aromatic amines is 1. The molecule has 0 bridgehead atoms. The molecule has 2 amide bonds. The zero-order chi connectivity index (χ0) is 40.5. The first-order valence-electron chi connectivity index (χ1n) is 16.9. The number of anilines is 1. The number of hydrogen-bond acceptors (Lipinski definition) is 15. The number of hydrogen-bond donors (Lipinski definition) is 6. The fraction of sp³-hybridized carbons (Fsp3) is 0.438. The van der Waals surface area contributed by atoms with E-state index in [-0.39, 0.29) is 34.5 Å². The van der Waals surface area contributed by atoms with E-state index in [4.69, 9.17) is 30.3 Å². The van der Waals surface area contributed by atoms with E-state index in [1.165, 1.54) is 7.05 Å². The van der Waals surface area contributed by atoms with Crippen LogP contribution in [0.25, 0.3) is 11.2 Å². The van der Waals surface area contributed by atoms with E-state index in [9.17, 15) is 29.5 Å². The molecule has 0 radical (unpaired) electrons. The molecular formula is C32H37F2N10O10PS. The average Bonchev–Trinajstić information content (AvgIpc) is 3.94. The van der Waals surface area contributed by atoms with Crippen LogP contribution in [-0.2, 0) is 35.1 Å². The maximum absolute atomic E-state index is 15.7. The highest BCUT2D eigenvalue weighted by Crippen LogP contribution is 2.51. The summed E-state index contributed by atoms with van der Waals surface area (Å²) < 4.78 is 55.9. The molecule has 2 aliphatic rings. The first-order chi connectivity index (χ1) is 26.7. The number of benzene rings is 1. The van der Waals surface area contributed by atoms with Crippen LogP contribution in [0.1, 0.15) is 42.4 Å². The molecule has 2 aliphatic heterocycles. The van der Waals surface area contributed by atoms with Gasteiger partial charge in [0.15, 0.2) is 47.6 Å². The molecule has 6 rings (SSSR count). The molecule has 3 aromatic heterocycles. The lowest BCUT2D eigenvalue weighted by molar-refractivity contribution is -0.118. The molecule has 1 unspecified atom stereocenters. The molecule has 2 saturated heterocycles. The minimum atomic E-state index is -4.49. The van der Waals surface area contributed by atoms with Crippen LogP contribution >= 0.6 is 6.72 Å². The summed E-state index contributed by atoms with van der Waals surface area (Å²) in [6, 6.07) is 8.28. The molecule has 24 heteroatoms. The molecule has 2 fully saturated rings. The molecule has 1 aromatic carbocycles. The SMILES string of the molecule is C=Nc1c(C(=NC)NC(=O)c2ccccc2)ncn1[C@@H]1O[C@H](COP(O)(=S)O[C@@H]2[C@H](F)[C@@H](CO)O[C@H]2n2cnc3c(=O)[nH]c(NC(=O)C(C)C)nc32)[C@@H](O)[C@H]1F. The maximum atomic E-state index is 15.7. The minimum absolute atomic E-state index is 0.0135. The number of amidine groups is 1. The molecule has 56 heavy (non-hydrogen) atoms. The Hall–Kier alpha value is -4.71. The predicted molar refractivity (Wildman–Crippen MR) is 197 cm³/mol. The number of aliphatic hydroxyl groups excluding tert-OH is 2. The second-order valence-electron chi connectivity index (χ2n) is 12.8. The average molecular weight is 823 g/mol. The summed E-state index contributed by atoms with van der Waals surface area (Å²) in [5.74, 6) is -1.73. The van der Waals surface area contributed by atoms with Crippen molar-refractivity contribution in [1.29, 1.82) is 0 Å². The van der Waals surface area contributed by atoms with Crippen molar-refractivity contribution < 1.29 is 52.0 Å². The van der Waals surface area contributed by atoms with Crippen LogP contribution in [0.5, 0.6) is 0 Å². The van der Waals surface area contributed by atoms with Crippen LogP contribution in [0.2, 0.25) is 0 Å². The zero-order valence-electron chi connectivity index (χ0n) is 29.8. The van der Waals surface area contributed by atoms with Gasteiger partial charge in [-0.05, 0) is 30.7 Å². The van der Waals surface area contributed by atoms with Crippen molar-refractivity contribution in [2.24, 2.45) is 15.9 Å². The van der Waals surface area contributed by atoms with Gasteiger partial charge < -0.3 is 34.4 Å². The fourth-order valence-electron chi connectivity index (χ4n) is 5.88. The summed E-state index contributed by atoms with van der Waals surface area (Å²) in [6.45, 7) is 0.694. The fourth-order valence-corrected chi connectivity index (χ4v) is 7.29. The molecule has 5 heterocycles. The van der Waals surface area contributed by atoms with Gasteiger partial charge in [0, 0.05) is 18.5 Å². The Labute approximate surface area is 320 Å². The number of imidazole rings is 2. The smallest absolute Gasteiger partial charge is 0.325 e. The maximum Gasteiger partial charge on any atom is 0.325 e. The molecule has 4 aromatic rings. The zero-order valence-corrected chi connectivity index (χ0v) is 31.5. The van der Waals surface area contributed by atoms with Crippen LogP contribution in [-0.4, -0.2) is 126 Å². The summed E-state index contributed by atoms with van der Waals surface area (Å²) in [5, 5.41) is 25.7. The van der Waals surface area contributed by atoms with E-state index in [0.29, 0.717) is 5.56 Å². The first kappa shape index (κ1) is 40.9. The van der Waals surface area contributed by atoms with Crippen LogP contribution < -0.4 is 16.2 Å². The van der Waals surface area contributed by atoms with Crippen molar-refractivity contribution in [3.8, 4) is 0 Å². The summed E-state index contributed by atoms with van der Waals surface area (Å²) in [5.41, 5.74) is -0.769. The Kier molecular flexibility index (Phi) is 12.3. The number of carbonyl (C=O) groups excluding carboxylic acids is 2. The van der Waals surface area contributed by atoms with Crippen LogP contribution in [0.4, 0.5) is 20.5 Å². The van der Waals surface area contributed by atoms with E-state index < -0.39 is 92.4 Å². The number of halogens is 2. The first-order valence-corrected chi connectivity index (χ1v) is 19.5. The number of H-pyrrole nitrogens is 1. The van der Waals surface area contributed by atoms with Crippen molar-refractivity contribution in [3.05, 3.63) is 64.6 Å². The topological polar surface area (TPSA) is 262 Å². The summed E-state index contributed by atoms with van der Waals surface area (Å²) >= 11 is 5.16. The highest BCUT2D eigenvalue weighted by molar-refractivity contribution is 8.07. The van der Waals surface area contributed by atoms with Gasteiger partial charge in [0.25, 0.3) is 11.5 Å². The highest BCUT2D eigenvalue weighted by Gasteiger charge is 2.51. The Morgan fingerprint density at radius 1 is 1.12 bits per heavy atom. The molecule has 300 valence electrons. The Bertz CT molecular complexity index is 2240. The summed E-state index contributed by atoms with van der Waals surface area (Å²) in [6.07, 6.45) is -11.7. The monoisotopic (exact) mass is 822 g/mol. The number of amides is 2. The molecule has 0 spiro atoms. The number of rotatable bonds is 13. The summed E-state index contributed by atoms with van der Waals surface area (Å²) in [7, 11) is 1.39. The second-order valence-corrected chi connectivity index (χ2v) is 15.6. The lowest BCUT2D eigenvalue weighted by atomic mass is 10.1. The molecule has 0 saturated carbocycles. The van der Waals surface area contributed by atoms with E-state index in [0.717, 1.165) is 21.8 Å². The third kappa shape index (κ3) is 8.21. The third-order valence-electron chi connectivity index (χ3n) is 8.77. The number of ether oxygens (including phenoxy) is 2. The van der Waals surface area contributed by atoms with Crippen molar-refractivity contribution in [1.82, 2.24) is 34.4 Å². The number of alkyl halides is 2. The number of fused-ring (bicyclic) bond motifs is 1. The Morgan fingerprint density at radius 3 is 2.48 bits per heavy atom. The Balaban J connectivity index is 1.17. The minimum Gasteiger partial charge on any atom is -0.394 e.